The van der Waals surface area contributed by atoms with Crippen molar-refractivity contribution in [1.29, 1.82) is 0 Å². The molecule has 2 heteroatoms. The summed E-state index contributed by atoms with van der Waals surface area (Å²) in [4.78, 5) is 0. The van der Waals surface area contributed by atoms with Crippen LogP contribution in [0, 0.1) is 5.92 Å². The van der Waals surface area contributed by atoms with Crippen LogP contribution in [0.15, 0.2) is 28.7 Å². The molecule has 0 bridgehead atoms. The van der Waals surface area contributed by atoms with Crippen molar-refractivity contribution < 1.29 is 0 Å². The molecule has 1 aromatic rings. The molecule has 0 heterocycles. The minimum atomic E-state index is 0.528. The average Bonchev–Trinajstić information content (AvgIpc) is 2.44. The van der Waals surface area contributed by atoms with Crippen LogP contribution in [0.25, 0.3) is 0 Å². The molecule has 106 valence electrons. The van der Waals surface area contributed by atoms with Crippen molar-refractivity contribution in [2.45, 2.75) is 57.9 Å². The van der Waals surface area contributed by atoms with E-state index >= 15 is 0 Å². The summed E-state index contributed by atoms with van der Waals surface area (Å²) in [6.45, 7) is 3.36. The molecule has 1 atom stereocenters. The molecular weight excluding hydrogens is 298 g/mol. The molecule has 1 saturated carbocycles. The monoisotopic (exact) mass is 323 g/mol. The first kappa shape index (κ1) is 15.1. The van der Waals surface area contributed by atoms with Crippen molar-refractivity contribution >= 4 is 15.9 Å². The highest BCUT2D eigenvalue weighted by molar-refractivity contribution is 9.10. The van der Waals surface area contributed by atoms with Gasteiger partial charge in [0.2, 0.25) is 0 Å². The van der Waals surface area contributed by atoms with E-state index in [9.17, 15) is 0 Å². The Morgan fingerprint density at radius 3 is 2.74 bits per heavy atom. The Balaban J connectivity index is 2.01. The van der Waals surface area contributed by atoms with Crippen molar-refractivity contribution in [3.05, 3.63) is 34.3 Å². The van der Waals surface area contributed by atoms with E-state index in [0.29, 0.717) is 6.04 Å². The second kappa shape index (κ2) is 8.06. The van der Waals surface area contributed by atoms with Gasteiger partial charge in [-0.25, -0.2) is 0 Å². The molecule has 1 unspecified atom stereocenters. The minimum absolute atomic E-state index is 0.528. The third-order valence-corrected chi connectivity index (χ3v) is 4.68. The van der Waals surface area contributed by atoms with E-state index in [-0.39, 0.29) is 0 Å². The van der Waals surface area contributed by atoms with Gasteiger partial charge in [0.15, 0.2) is 0 Å². The van der Waals surface area contributed by atoms with Gasteiger partial charge in [-0.2, -0.15) is 0 Å². The molecule has 1 aliphatic carbocycles. The lowest BCUT2D eigenvalue weighted by molar-refractivity contribution is 0.300. The van der Waals surface area contributed by atoms with Gasteiger partial charge in [-0.1, -0.05) is 67.1 Å². The Morgan fingerprint density at radius 1 is 1.26 bits per heavy atom. The third-order valence-electron chi connectivity index (χ3n) is 4.19. The van der Waals surface area contributed by atoms with Gasteiger partial charge >= 0.3 is 0 Å². The summed E-state index contributed by atoms with van der Waals surface area (Å²) < 4.78 is 1.19. The number of hydrogen-bond acceptors (Lipinski definition) is 1. The Hall–Kier alpha value is -0.340. The fourth-order valence-corrected chi connectivity index (χ4v) is 3.55. The molecule has 1 aromatic carbocycles. The van der Waals surface area contributed by atoms with Crippen LogP contribution in [0.3, 0.4) is 0 Å². The fraction of sp³-hybridized carbons (Fsp3) is 0.647. The van der Waals surface area contributed by atoms with Gasteiger partial charge < -0.3 is 5.32 Å². The molecule has 1 N–H and O–H groups in total. The van der Waals surface area contributed by atoms with Gasteiger partial charge in [-0.05, 0) is 43.0 Å². The average molecular weight is 324 g/mol. The zero-order valence-corrected chi connectivity index (χ0v) is 13.6. The zero-order valence-electron chi connectivity index (χ0n) is 12.0. The summed E-state index contributed by atoms with van der Waals surface area (Å²) in [5, 5.41) is 3.74. The van der Waals surface area contributed by atoms with E-state index in [1.165, 1.54) is 55.0 Å². The molecular formula is C17H26BrN. The second-order valence-electron chi connectivity index (χ2n) is 5.80. The highest BCUT2D eigenvalue weighted by Crippen LogP contribution is 2.32. The summed E-state index contributed by atoms with van der Waals surface area (Å²) in [6, 6.07) is 9.33. The molecule has 0 spiro atoms. The predicted molar refractivity (Wildman–Crippen MR) is 86.4 cm³/mol. The lowest BCUT2D eigenvalue weighted by atomic mass is 9.83. The molecule has 1 nitrogen and oxygen atoms in total. The Labute approximate surface area is 126 Å². The molecule has 19 heavy (non-hydrogen) atoms. The Kier molecular flexibility index (Phi) is 6.39. The molecule has 0 aromatic heterocycles. The molecule has 1 fully saturated rings. The van der Waals surface area contributed by atoms with Gasteiger partial charge in [0.05, 0.1) is 0 Å². The highest BCUT2D eigenvalue weighted by Gasteiger charge is 2.19. The van der Waals surface area contributed by atoms with E-state index in [1.807, 2.05) is 0 Å². The summed E-state index contributed by atoms with van der Waals surface area (Å²) in [5.74, 6) is 0.919. The van der Waals surface area contributed by atoms with Gasteiger partial charge in [0, 0.05) is 10.5 Å². The van der Waals surface area contributed by atoms with Crippen molar-refractivity contribution in [2.75, 3.05) is 6.54 Å². The third kappa shape index (κ3) is 4.92. The molecule has 0 saturated heterocycles. The maximum atomic E-state index is 3.74. The quantitative estimate of drug-likeness (QED) is 0.732. The largest absolute Gasteiger partial charge is 0.310 e. The van der Waals surface area contributed by atoms with Crippen molar-refractivity contribution in [1.82, 2.24) is 5.32 Å². The second-order valence-corrected chi connectivity index (χ2v) is 6.72. The first-order valence-corrected chi connectivity index (χ1v) is 8.57. The fourth-order valence-electron chi connectivity index (χ4n) is 3.14. The molecule has 0 amide bonds. The predicted octanol–water partition coefficient (Wildman–Crippen LogP) is 5.46. The standard InChI is InChI=1S/C17H26BrN/c1-2-11-19-17(12-14-7-4-3-5-8-14)15-9-6-10-16(18)13-15/h6,9-10,13-14,17,19H,2-5,7-8,11-12H2,1H3. The van der Waals surface area contributed by atoms with Crippen LogP contribution in [0.2, 0.25) is 0 Å². The summed E-state index contributed by atoms with van der Waals surface area (Å²) in [5.41, 5.74) is 1.44. The number of halogens is 1. The van der Waals surface area contributed by atoms with E-state index in [1.54, 1.807) is 0 Å². The van der Waals surface area contributed by atoms with E-state index < -0.39 is 0 Å². The van der Waals surface area contributed by atoms with Crippen LogP contribution < -0.4 is 5.32 Å². The van der Waals surface area contributed by atoms with Gasteiger partial charge in [0.1, 0.15) is 0 Å². The smallest absolute Gasteiger partial charge is 0.0323 e. The van der Waals surface area contributed by atoms with Crippen LogP contribution in [0.1, 0.15) is 63.5 Å². The summed E-state index contributed by atoms with van der Waals surface area (Å²) >= 11 is 3.60. The SMILES string of the molecule is CCCNC(CC1CCCCC1)c1cccc(Br)c1. The molecule has 1 aliphatic rings. The molecule has 0 radical (unpaired) electrons. The van der Waals surface area contributed by atoms with Crippen LogP contribution >= 0.6 is 15.9 Å². The van der Waals surface area contributed by atoms with Crippen LogP contribution in [-0.2, 0) is 0 Å². The van der Waals surface area contributed by atoms with E-state index in [2.05, 4.69) is 52.4 Å². The first-order chi connectivity index (χ1) is 9.29. The zero-order chi connectivity index (χ0) is 13.5. The number of nitrogens with one attached hydrogen (secondary N) is 1. The maximum absolute atomic E-state index is 3.74. The number of rotatable bonds is 6. The highest BCUT2D eigenvalue weighted by atomic mass is 79.9. The van der Waals surface area contributed by atoms with Gasteiger partial charge in [0.25, 0.3) is 0 Å². The van der Waals surface area contributed by atoms with Crippen LogP contribution in [0.4, 0.5) is 0 Å². The van der Waals surface area contributed by atoms with Crippen molar-refractivity contribution in [3.63, 3.8) is 0 Å². The van der Waals surface area contributed by atoms with Crippen LogP contribution in [0.5, 0.6) is 0 Å². The summed E-state index contributed by atoms with van der Waals surface area (Å²) in [6.07, 6.45) is 9.68. The molecule has 2 rings (SSSR count). The van der Waals surface area contributed by atoms with Crippen LogP contribution in [-0.4, -0.2) is 6.54 Å². The lowest BCUT2D eigenvalue weighted by Crippen LogP contribution is -2.25. The normalized spacial score (nSPS) is 18.4. The van der Waals surface area contributed by atoms with Crippen molar-refractivity contribution in [2.24, 2.45) is 5.92 Å². The number of benzene rings is 1. The first-order valence-electron chi connectivity index (χ1n) is 7.78. The minimum Gasteiger partial charge on any atom is -0.310 e. The Morgan fingerprint density at radius 2 is 2.05 bits per heavy atom. The Bertz CT molecular complexity index is 371. The van der Waals surface area contributed by atoms with Gasteiger partial charge in [-0.3, -0.25) is 0 Å². The lowest BCUT2D eigenvalue weighted by Gasteiger charge is -2.27. The van der Waals surface area contributed by atoms with E-state index in [4.69, 9.17) is 0 Å². The summed E-state index contributed by atoms with van der Waals surface area (Å²) in [7, 11) is 0. The number of hydrogen-bond donors (Lipinski definition) is 1. The van der Waals surface area contributed by atoms with E-state index in [0.717, 1.165) is 12.5 Å². The topological polar surface area (TPSA) is 12.0 Å². The van der Waals surface area contributed by atoms with Gasteiger partial charge in [-0.15, -0.1) is 0 Å². The maximum Gasteiger partial charge on any atom is 0.0323 e. The molecule has 0 aliphatic heterocycles. The van der Waals surface area contributed by atoms with Crippen molar-refractivity contribution in [3.8, 4) is 0 Å².